The lowest BCUT2D eigenvalue weighted by Gasteiger charge is -2.06. The number of nitrogens with zero attached hydrogens (tertiary/aromatic N) is 2. The minimum atomic E-state index is -0.348. The SMILES string of the molecule is CC(C)c1ccc(N/N=C(\C#N)C(=N)N)cc1. The van der Waals surface area contributed by atoms with E-state index in [1.165, 1.54) is 5.56 Å². The molecule has 5 nitrogen and oxygen atoms in total. The van der Waals surface area contributed by atoms with Crippen molar-refractivity contribution in [1.82, 2.24) is 0 Å². The van der Waals surface area contributed by atoms with Crippen molar-refractivity contribution in [2.45, 2.75) is 19.8 Å². The van der Waals surface area contributed by atoms with Gasteiger partial charge in [0.1, 0.15) is 6.07 Å². The zero-order valence-corrected chi connectivity index (χ0v) is 9.86. The molecule has 1 aromatic carbocycles. The summed E-state index contributed by atoms with van der Waals surface area (Å²) in [5.74, 6) is 0.123. The highest BCUT2D eigenvalue weighted by Gasteiger charge is 2.01. The second kappa shape index (κ2) is 5.66. The summed E-state index contributed by atoms with van der Waals surface area (Å²) in [6.07, 6.45) is 0. The Hall–Kier alpha value is -2.35. The third kappa shape index (κ3) is 3.61. The maximum Gasteiger partial charge on any atom is 0.201 e. The summed E-state index contributed by atoms with van der Waals surface area (Å²) in [4.78, 5) is 0. The number of hydrogen-bond donors (Lipinski definition) is 3. The molecule has 17 heavy (non-hydrogen) atoms. The molecule has 1 aromatic rings. The first-order valence-corrected chi connectivity index (χ1v) is 5.22. The molecule has 1 rings (SSSR count). The van der Waals surface area contributed by atoms with Crippen molar-refractivity contribution < 1.29 is 0 Å². The van der Waals surface area contributed by atoms with E-state index in [-0.39, 0.29) is 11.5 Å². The molecule has 0 aliphatic heterocycles. The lowest BCUT2D eigenvalue weighted by atomic mass is 10.0. The van der Waals surface area contributed by atoms with Gasteiger partial charge in [0.25, 0.3) is 0 Å². The molecule has 0 aliphatic carbocycles. The predicted octanol–water partition coefficient (Wildman–Crippen LogP) is 2.04. The van der Waals surface area contributed by atoms with E-state index in [9.17, 15) is 0 Å². The highest BCUT2D eigenvalue weighted by Crippen LogP contribution is 2.16. The molecule has 0 atom stereocenters. The number of anilines is 1. The molecule has 0 radical (unpaired) electrons. The van der Waals surface area contributed by atoms with E-state index in [2.05, 4.69) is 24.4 Å². The molecule has 0 aliphatic rings. The fourth-order valence-corrected chi connectivity index (χ4v) is 1.21. The highest BCUT2D eigenvalue weighted by molar-refractivity contribution is 6.45. The number of nitrogens with one attached hydrogen (secondary N) is 2. The monoisotopic (exact) mass is 229 g/mol. The highest BCUT2D eigenvalue weighted by atomic mass is 15.3. The first kappa shape index (κ1) is 12.7. The molecule has 0 spiro atoms. The Morgan fingerprint density at radius 1 is 1.41 bits per heavy atom. The van der Waals surface area contributed by atoms with Crippen LogP contribution in [0.3, 0.4) is 0 Å². The Labute approximate surface area is 100 Å². The van der Waals surface area contributed by atoms with Gasteiger partial charge in [-0.1, -0.05) is 26.0 Å². The molecule has 5 heteroatoms. The molecule has 4 N–H and O–H groups in total. The van der Waals surface area contributed by atoms with Crippen molar-refractivity contribution in [2.75, 3.05) is 5.43 Å². The van der Waals surface area contributed by atoms with Gasteiger partial charge >= 0.3 is 0 Å². The Morgan fingerprint density at radius 2 is 2.00 bits per heavy atom. The Morgan fingerprint density at radius 3 is 2.41 bits per heavy atom. The Balaban J connectivity index is 2.77. The van der Waals surface area contributed by atoms with Crippen LogP contribution in [0.1, 0.15) is 25.3 Å². The number of hydrazone groups is 1. The number of hydrogen-bond acceptors (Lipinski definition) is 4. The van der Waals surface area contributed by atoms with Crippen LogP contribution in [-0.4, -0.2) is 11.5 Å². The van der Waals surface area contributed by atoms with E-state index >= 15 is 0 Å². The van der Waals surface area contributed by atoms with Gasteiger partial charge in [-0.05, 0) is 23.6 Å². The van der Waals surface area contributed by atoms with Crippen LogP contribution in [0, 0.1) is 16.7 Å². The molecule has 0 bridgehead atoms. The molecule has 0 amide bonds. The first-order valence-electron chi connectivity index (χ1n) is 5.22. The van der Waals surface area contributed by atoms with E-state index in [4.69, 9.17) is 16.4 Å². The Kier molecular flexibility index (Phi) is 4.23. The second-order valence-corrected chi connectivity index (χ2v) is 3.87. The van der Waals surface area contributed by atoms with Crippen molar-refractivity contribution in [3.8, 4) is 6.07 Å². The average molecular weight is 229 g/mol. The van der Waals surface area contributed by atoms with Crippen LogP contribution in [0.4, 0.5) is 5.69 Å². The van der Waals surface area contributed by atoms with Crippen LogP contribution in [-0.2, 0) is 0 Å². The van der Waals surface area contributed by atoms with Crippen molar-refractivity contribution >= 4 is 17.2 Å². The smallest absolute Gasteiger partial charge is 0.201 e. The number of nitriles is 1. The van der Waals surface area contributed by atoms with Crippen molar-refractivity contribution in [3.05, 3.63) is 29.8 Å². The van der Waals surface area contributed by atoms with Crippen LogP contribution in [0.25, 0.3) is 0 Å². The van der Waals surface area contributed by atoms with Gasteiger partial charge in [0.15, 0.2) is 5.84 Å². The van der Waals surface area contributed by atoms with Gasteiger partial charge in [-0.25, -0.2) is 0 Å². The van der Waals surface area contributed by atoms with Crippen LogP contribution in [0.5, 0.6) is 0 Å². The number of rotatable bonds is 4. The molecule has 0 aromatic heterocycles. The van der Waals surface area contributed by atoms with Crippen LogP contribution >= 0.6 is 0 Å². The summed E-state index contributed by atoms with van der Waals surface area (Å²) in [6.45, 7) is 4.23. The Bertz CT molecular complexity index is 465. The standard InChI is InChI=1S/C12H15N5/c1-8(2)9-3-5-10(6-4-9)16-17-11(7-13)12(14)15/h3-6,8,16H,1-2H3,(H3,14,15)/b17-11+. The molecule has 0 heterocycles. The largest absolute Gasteiger partial charge is 0.382 e. The summed E-state index contributed by atoms with van der Waals surface area (Å²) in [6, 6.07) is 9.45. The number of benzene rings is 1. The maximum absolute atomic E-state index is 8.65. The van der Waals surface area contributed by atoms with Gasteiger partial charge in [-0.2, -0.15) is 10.4 Å². The fraction of sp³-hybridized carbons (Fsp3) is 0.250. The molecule has 0 fully saturated rings. The van der Waals surface area contributed by atoms with E-state index in [1.54, 1.807) is 6.07 Å². The zero-order chi connectivity index (χ0) is 12.8. The van der Waals surface area contributed by atoms with Crippen molar-refractivity contribution in [1.29, 1.82) is 10.7 Å². The normalized spacial score (nSPS) is 11.1. The first-order chi connectivity index (χ1) is 8.04. The van der Waals surface area contributed by atoms with Gasteiger partial charge in [0, 0.05) is 0 Å². The third-order valence-electron chi connectivity index (χ3n) is 2.24. The lowest BCUT2D eigenvalue weighted by molar-refractivity contribution is 0.867. The molecule has 0 saturated heterocycles. The van der Waals surface area contributed by atoms with Crippen molar-refractivity contribution in [2.24, 2.45) is 10.8 Å². The van der Waals surface area contributed by atoms with E-state index in [1.807, 2.05) is 24.3 Å². The summed E-state index contributed by atoms with van der Waals surface area (Å²) in [7, 11) is 0. The minimum absolute atomic E-state index is 0.127. The van der Waals surface area contributed by atoms with Gasteiger partial charge in [0.2, 0.25) is 5.71 Å². The summed E-state index contributed by atoms with van der Waals surface area (Å²) >= 11 is 0. The summed E-state index contributed by atoms with van der Waals surface area (Å²) in [5, 5.41) is 19.5. The molecule has 88 valence electrons. The number of amidine groups is 1. The predicted molar refractivity (Wildman–Crippen MR) is 69.1 cm³/mol. The van der Waals surface area contributed by atoms with E-state index in [0.717, 1.165) is 5.69 Å². The molecule has 0 unspecified atom stereocenters. The van der Waals surface area contributed by atoms with Crippen molar-refractivity contribution in [3.63, 3.8) is 0 Å². The minimum Gasteiger partial charge on any atom is -0.382 e. The van der Waals surface area contributed by atoms with Crippen LogP contribution in [0.15, 0.2) is 29.4 Å². The quantitative estimate of drug-likeness (QED) is 0.418. The molecular formula is C12H15N5. The zero-order valence-electron chi connectivity index (χ0n) is 9.86. The lowest BCUT2D eigenvalue weighted by Crippen LogP contribution is -2.21. The molecular weight excluding hydrogens is 214 g/mol. The van der Waals surface area contributed by atoms with E-state index in [0.29, 0.717) is 5.92 Å². The molecule has 0 saturated carbocycles. The second-order valence-electron chi connectivity index (χ2n) is 3.87. The van der Waals surface area contributed by atoms with Gasteiger partial charge in [0.05, 0.1) is 5.69 Å². The fourth-order valence-electron chi connectivity index (χ4n) is 1.21. The van der Waals surface area contributed by atoms with Crippen LogP contribution < -0.4 is 11.2 Å². The maximum atomic E-state index is 8.65. The number of nitrogens with two attached hydrogens (primary N) is 1. The van der Waals surface area contributed by atoms with Gasteiger partial charge in [-0.3, -0.25) is 10.8 Å². The van der Waals surface area contributed by atoms with Gasteiger partial charge in [-0.15, -0.1) is 0 Å². The summed E-state index contributed by atoms with van der Waals surface area (Å²) in [5.41, 5.74) is 9.71. The summed E-state index contributed by atoms with van der Waals surface area (Å²) < 4.78 is 0. The average Bonchev–Trinajstić information content (AvgIpc) is 2.30. The third-order valence-corrected chi connectivity index (χ3v) is 2.24. The van der Waals surface area contributed by atoms with Gasteiger partial charge < -0.3 is 5.73 Å². The van der Waals surface area contributed by atoms with Crippen LogP contribution in [0.2, 0.25) is 0 Å². The van der Waals surface area contributed by atoms with E-state index < -0.39 is 0 Å². The topological polar surface area (TPSA) is 98.0 Å².